The summed E-state index contributed by atoms with van der Waals surface area (Å²) in [5.41, 5.74) is 0. The summed E-state index contributed by atoms with van der Waals surface area (Å²) in [5, 5.41) is 8.39. The fourth-order valence-corrected chi connectivity index (χ4v) is 1.77. The zero-order valence-corrected chi connectivity index (χ0v) is 13.7. The van der Waals surface area contributed by atoms with Crippen LogP contribution in [0.15, 0.2) is 48.6 Å². The van der Waals surface area contributed by atoms with Crippen molar-refractivity contribution in [3.8, 4) is 0 Å². The second kappa shape index (κ2) is 17.4. The van der Waals surface area contributed by atoms with Crippen LogP contribution < -0.4 is 0 Å². The van der Waals surface area contributed by atoms with Gasteiger partial charge in [-0.3, -0.25) is 0 Å². The predicted molar refractivity (Wildman–Crippen MR) is 93.0 cm³/mol. The molecule has 3 nitrogen and oxygen atoms in total. The lowest BCUT2D eigenvalue weighted by Gasteiger charge is -1.99. The molecule has 0 amide bonds. The first kappa shape index (κ1) is 20.4. The molecule has 22 heavy (non-hydrogen) atoms. The molecule has 3 heteroatoms. The maximum atomic E-state index is 10.2. The molecule has 124 valence electrons. The van der Waals surface area contributed by atoms with Gasteiger partial charge in [0.2, 0.25) is 0 Å². The first-order chi connectivity index (χ1) is 10.8. The van der Waals surface area contributed by atoms with Crippen LogP contribution in [0.25, 0.3) is 0 Å². The molecular formula is C19H30O3. The van der Waals surface area contributed by atoms with Crippen LogP contribution in [0.2, 0.25) is 0 Å². The first-order valence-corrected chi connectivity index (χ1v) is 8.13. The monoisotopic (exact) mass is 306 g/mol. The molecule has 0 aliphatic carbocycles. The van der Waals surface area contributed by atoms with Crippen molar-refractivity contribution in [1.82, 2.24) is 0 Å². The third-order valence-corrected chi connectivity index (χ3v) is 2.94. The molecule has 0 saturated carbocycles. The number of ether oxygens (including phenoxy) is 1. The van der Waals surface area contributed by atoms with Gasteiger partial charge in [0.1, 0.15) is 6.61 Å². The molecule has 0 aliphatic rings. The molecule has 0 unspecified atom stereocenters. The van der Waals surface area contributed by atoms with Crippen LogP contribution in [-0.2, 0) is 9.53 Å². The zero-order valence-electron chi connectivity index (χ0n) is 13.7. The smallest absolute Gasteiger partial charge is 0.329 e. The van der Waals surface area contributed by atoms with Crippen molar-refractivity contribution >= 4 is 5.97 Å². The number of allylic oxidation sites excluding steroid dienone is 8. The van der Waals surface area contributed by atoms with Gasteiger partial charge in [-0.05, 0) is 45.4 Å². The number of aliphatic carboxylic acids is 1. The Morgan fingerprint density at radius 1 is 0.864 bits per heavy atom. The van der Waals surface area contributed by atoms with E-state index in [1.807, 2.05) is 6.92 Å². The van der Waals surface area contributed by atoms with Crippen molar-refractivity contribution in [1.29, 1.82) is 0 Å². The highest BCUT2D eigenvalue weighted by Gasteiger charge is 1.95. The molecule has 0 heterocycles. The van der Waals surface area contributed by atoms with Gasteiger partial charge >= 0.3 is 5.97 Å². The number of rotatable bonds is 14. The van der Waals surface area contributed by atoms with Crippen LogP contribution in [0.1, 0.15) is 51.9 Å². The Balaban J connectivity index is 3.30. The van der Waals surface area contributed by atoms with Crippen LogP contribution >= 0.6 is 0 Å². The minimum atomic E-state index is -0.899. The highest BCUT2D eigenvalue weighted by atomic mass is 16.5. The summed E-state index contributed by atoms with van der Waals surface area (Å²) in [7, 11) is 0. The summed E-state index contributed by atoms with van der Waals surface area (Å²) >= 11 is 0. The molecule has 0 bridgehead atoms. The zero-order chi connectivity index (χ0) is 16.3. The Kier molecular flexibility index (Phi) is 16.2. The van der Waals surface area contributed by atoms with Crippen LogP contribution in [0.3, 0.4) is 0 Å². The third kappa shape index (κ3) is 18.4. The SMILES string of the molecule is C/C=C\C/C=C\C/C=C\C/C=C\CCCCCOCC(=O)O. The number of hydrogen-bond acceptors (Lipinski definition) is 2. The fourth-order valence-electron chi connectivity index (χ4n) is 1.77. The highest BCUT2D eigenvalue weighted by Crippen LogP contribution is 2.02. The van der Waals surface area contributed by atoms with Crippen molar-refractivity contribution < 1.29 is 14.6 Å². The minimum absolute atomic E-state index is 0.184. The van der Waals surface area contributed by atoms with Crippen LogP contribution in [0, 0.1) is 0 Å². The van der Waals surface area contributed by atoms with E-state index < -0.39 is 5.97 Å². The molecule has 0 aromatic carbocycles. The topological polar surface area (TPSA) is 46.5 Å². The van der Waals surface area contributed by atoms with E-state index in [0.717, 1.165) is 44.9 Å². The molecule has 0 saturated heterocycles. The van der Waals surface area contributed by atoms with E-state index in [0.29, 0.717) is 6.61 Å². The van der Waals surface area contributed by atoms with Gasteiger partial charge in [-0.2, -0.15) is 0 Å². The maximum Gasteiger partial charge on any atom is 0.329 e. The van der Waals surface area contributed by atoms with E-state index in [4.69, 9.17) is 9.84 Å². The van der Waals surface area contributed by atoms with Crippen molar-refractivity contribution in [2.45, 2.75) is 51.9 Å². The fraction of sp³-hybridized carbons (Fsp3) is 0.526. The average molecular weight is 306 g/mol. The first-order valence-electron chi connectivity index (χ1n) is 8.13. The molecule has 0 spiro atoms. The van der Waals surface area contributed by atoms with Crippen molar-refractivity contribution in [3.63, 3.8) is 0 Å². The van der Waals surface area contributed by atoms with Gasteiger partial charge in [-0.15, -0.1) is 0 Å². The van der Waals surface area contributed by atoms with Gasteiger partial charge < -0.3 is 9.84 Å². The molecule has 0 aromatic rings. The molecule has 0 atom stereocenters. The summed E-state index contributed by atoms with van der Waals surface area (Å²) in [6.45, 7) is 2.39. The molecule has 0 fully saturated rings. The van der Waals surface area contributed by atoms with Crippen LogP contribution in [0.4, 0.5) is 0 Å². The Morgan fingerprint density at radius 3 is 2.05 bits per heavy atom. The lowest BCUT2D eigenvalue weighted by molar-refractivity contribution is -0.142. The predicted octanol–water partition coefficient (Wildman–Crippen LogP) is 5.06. The van der Waals surface area contributed by atoms with Crippen molar-refractivity contribution in [3.05, 3.63) is 48.6 Å². The largest absolute Gasteiger partial charge is 0.480 e. The Hall–Kier alpha value is -1.61. The number of carboxylic acid groups (broad SMARTS) is 1. The van der Waals surface area contributed by atoms with Crippen molar-refractivity contribution in [2.24, 2.45) is 0 Å². The molecule has 1 N–H and O–H groups in total. The van der Waals surface area contributed by atoms with Gasteiger partial charge in [-0.1, -0.05) is 55.0 Å². The molecule has 0 aromatic heterocycles. The van der Waals surface area contributed by atoms with Gasteiger partial charge in [0, 0.05) is 6.61 Å². The average Bonchev–Trinajstić information content (AvgIpc) is 2.50. The molecule has 0 rings (SSSR count). The van der Waals surface area contributed by atoms with E-state index in [1.165, 1.54) is 0 Å². The number of carbonyl (C=O) groups is 1. The standard InChI is InChI=1S/C19H30O3/c1-2-3-4-5-6-7-8-9-10-11-12-13-14-15-16-17-22-18-19(20)21/h2-3,5-6,8-9,11-12H,4,7,10,13-18H2,1H3,(H,20,21)/b3-2-,6-5-,9-8-,12-11-. The second-order valence-electron chi connectivity index (χ2n) is 4.99. The van der Waals surface area contributed by atoms with E-state index in [9.17, 15) is 4.79 Å². The Labute approximate surface area is 135 Å². The van der Waals surface area contributed by atoms with Gasteiger partial charge in [0.05, 0.1) is 0 Å². The van der Waals surface area contributed by atoms with Crippen molar-refractivity contribution in [2.75, 3.05) is 13.2 Å². The normalized spacial score (nSPS) is 12.4. The maximum absolute atomic E-state index is 10.2. The minimum Gasteiger partial charge on any atom is -0.480 e. The quantitative estimate of drug-likeness (QED) is 0.360. The molecular weight excluding hydrogens is 276 g/mol. The summed E-state index contributed by atoms with van der Waals surface area (Å²) < 4.78 is 4.97. The summed E-state index contributed by atoms with van der Waals surface area (Å²) in [4.78, 5) is 10.2. The van der Waals surface area contributed by atoms with E-state index >= 15 is 0 Å². The van der Waals surface area contributed by atoms with Crippen LogP contribution in [0.5, 0.6) is 0 Å². The van der Waals surface area contributed by atoms with Gasteiger partial charge in [0.25, 0.3) is 0 Å². The van der Waals surface area contributed by atoms with Crippen LogP contribution in [-0.4, -0.2) is 24.3 Å². The van der Waals surface area contributed by atoms with E-state index in [1.54, 1.807) is 0 Å². The molecule has 0 radical (unpaired) electrons. The summed E-state index contributed by atoms with van der Waals surface area (Å²) in [6, 6.07) is 0. The summed E-state index contributed by atoms with van der Waals surface area (Å²) in [5.74, 6) is -0.899. The third-order valence-electron chi connectivity index (χ3n) is 2.94. The lowest BCUT2D eigenvalue weighted by Crippen LogP contribution is -2.07. The second-order valence-corrected chi connectivity index (χ2v) is 4.99. The number of hydrogen-bond donors (Lipinski definition) is 1. The summed E-state index contributed by atoms with van der Waals surface area (Å²) in [6.07, 6.45) is 24.6. The molecule has 0 aliphatic heterocycles. The number of unbranched alkanes of at least 4 members (excludes halogenated alkanes) is 3. The highest BCUT2D eigenvalue weighted by molar-refractivity contribution is 5.67. The Bertz CT molecular complexity index is 365. The van der Waals surface area contributed by atoms with E-state index in [-0.39, 0.29) is 6.61 Å². The van der Waals surface area contributed by atoms with Gasteiger partial charge in [0.15, 0.2) is 0 Å². The van der Waals surface area contributed by atoms with E-state index in [2.05, 4.69) is 48.6 Å². The van der Waals surface area contributed by atoms with Gasteiger partial charge in [-0.25, -0.2) is 4.79 Å². The Morgan fingerprint density at radius 2 is 1.45 bits per heavy atom. The lowest BCUT2D eigenvalue weighted by atomic mass is 10.2. The number of carboxylic acids is 1.